The van der Waals surface area contributed by atoms with Crippen LogP contribution in [0.5, 0.6) is 34.5 Å². The summed E-state index contributed by atoms with van der Waals surface area (Å²) >= 11 is 0. The van der Waals surface area contributed by atoms with Gasteiger partial charge < -0.3 is 49.2 Å². The molecule has 5 N–H and O–H groups in total. The maximum Gasteiger partial charge on any atom is 0.165 e. The van der Waals surface area contributed by atoms with Crippen LogP contribution >= 0.6 is 0 Å². The molecule has 4 atom stereocenters. The summed E-state index contributed by atoms with van der Waals surface area (Å²) in [5.74, 6) is 1.49. The first-order chi connectivity index (χ1) is 19.4. The summed E-state index contributed by atoms with van der Waals surface area (Å²) < 4.78 is 28.5. The highest BCUT2D eigenvalue weighted by atomic mass is 16.5. The number of ether oxygens (including phenoxy) is 5. The molecule has 40 heavy (non-hydrogen) atoms. The molecule has 0 aliphatic carbocycles. The fourth-order valence-corrected chi connectivity index (χ4v) is 4.95. The van der Waals surface area contributed by atoms with E-state index in [0.29, 0.717) is 35.7 Å². The molecule has 216 valence electrons. The molecule has 0 fully saturated rings. The SMILES string of the molecule is COc1cc([C@@H](O)[C@H](CO)Oc2ccc([C@@H]3Oc4c(OC)cc(CCCO)cc4[C@H]3CO)cc2OC)ccc1O. The number of aliphatic hydroxyl groups is 4. The van der Waals surface area contributed by atoms with Crippen molar-refractivity contribution in [3.63, 3.8) is 0 Å². The number of fused-ring (bicyclic) bond motifs is 1. The summed E-state index contributed by atoms with van der Waals surface area (Å²) in [6.07, 6.45) is -1.54. The smallest absolute Gasteiger partial charge is 0.165 e. The van der Waals surface area contributed by atoms with E-state index >= 15 is 0 Å². The van der Waals surface area contributed by atoms with Crippen LogP contribution in [-0.2, 0) is 6.42 Å². The van der Waals surface area contributed by atoms with E-state index in [0.717, 1.165) is 16.7 Å². The van der Waals surface area contributed by atoms with Crippen molar-refractivity contribution in [3.8, 4) is 34.5 Å². The minimum atomic E-state index is -1.23. The zero-order chi connectivity index (χ0) is 28.8. The van der Waals surface area contributed by atoms with Crippen LogP contribution in [0.1, 0.15) is 46.8 Å². The number of aliphatic hydroxyl groups excluding tert-OH is 4. The number of rotatable bonds is 13. The van der Waals surface area contributed by atoms with E-state index in [2.05, 4.69) is 0 Å². The Morgan fingerprint density at radius 3 is 2.25 bits per heavy atom. The lowest BCUT2D eigenvalue weighted by molar-refractivity contribution is -0.000557. The summed E-state index contributed by atoms with van der Waals surface area (Å²) in [7, 11) is 4.44. The molecule has 0 amide bonds. The lowest BCUT2D eigenvalue weighted by Crippen LogP contribution is -2.29. The maximum atomic E-state index is 10.9. The standard InChI is InChI=1S/C30H36O10/c1-36-24-13-18(6-8-22(24)34)28(35)27(16-33)39-23-9-7-19(14-25(23)37-2)29-21(15-32)20-11-17(5-4-10-31)12-26(38-3)30(20)40-29/h6-9,11-14,21,27-29,31-35H,4-5,10,15-16H2,1-3H3/t21-,27+,28-,29+/m1/s1. The van der Waals surface area contributed by atoms with Gasteiger partial charge in [-0.1, -0.05) is 18.2 Å². The number of aromatic hydroxyl groups is 1. The van der Waals surface area contributed by atoms with Crippen LogP contribution in [0.2, 0.25) is 0 Å². The molecule has 0 unspecified atom stereocenters. The molecule has 0 aromatic heterocycles. The first-order valence-corrected chi connectivity index (χ1v) is 13.0. The Balaban J connectivity index is 1.59. The fraction of sp³-hybridized carbons (Fsp3) is 0.400. The average molecular weight is 557 g/mol. The Morgan fingerprint density at radius 1 is 0.850 bits per heavy atom. The van der Waals surface area contributed by atoms with Gasteiger partial charge in [-0.3, -0.25) is 0 Å². The number of aryl methyl sites for hydroxylation is 1. The third kappa shape index (κ3) is 5.90. The van der Waals surface area contributed by atoms with Gasteiger partial charge in [-0.05, 0) is 59.9 Å². The predicted octanol–water partition coefficient (Wildman–Crippen LogP) is 3.03. The molecule has 1 aliphatic heterocycles. The van der Waals surface area contributed by atoms with Gasteiger partial charge >= 0.3 is 0 Å². The van der Waals surface area contributed by atoms with Gasteiger partial charge in [0.1, 0.15) is 12.2 Å². The van der Waals surface area contributed by atoms with Crippen molar-refractivity contribution < 1.29 is 49.2 Å². The van der Waals surface area contributed by atoms with E-state index in [9.17, 15) is 25.5 Å². The third-order valence-corrected chi connectivity index (χ3v) is 7.07. The molecule has 10 heteroatoms. The normalized spacial score (nSPS) is 17.5. The van der Waals surface area contributed by atoms with E-state index in [1.807, 2.05) is 12.1 Å². The highest BCUT2D eigenvalue weighted by Crippen LogP contribution is 2.51. The summed E-state index contributed by atoms with van der Waals surface area (Å²) in [6.45, 7) is -0.589. The highest BCUT2D eigenvalue weighted by Gasteiger charge is 2.38. The maximum absolute atomic E-state index is 10.9. The Hall–Kier alpha value is -3.70. The Labute approximate surface area is 232 Å². The molecule has 1 aliphatic rings. The van der Waals surface area contributed by atoms with Gasteiger partial charge in [0.2, 0.25) is 0 Å². The van der Waals surface area contributed by atoms with Crippen LogP contribution in [0.3, 0.4) is 0 Å². The fourth-order valence-electron chi connectivity index (χ4n) is 4.95. The summed E-state index contributed by atoms with van der Waals surface area (Å²) in [6, 6.07) is 13.4. The molecule has 0 spiro atoms. The van der Waals surface area contributed by atoms with Crippen LogP contribution in [0.4, 0.5) is 0 Å². The van der Waals surface area contributed by atoms with E-state index in [-0.39, 0.29) is 36.4 Å². The molecule has 0 saturated heterocycles. The van der Waals surface area contributed by atoms with Crippen LogP contribution in [-0.4, -0.2) is 72.8 Å². The molecule has 1 heterocycles. The zero-order valence-electron chi connectivity index (χ0n) is 22.7. The Bertz CT molecular complexity index is 1290. The van der Waals surface area contributed by atoms with Gasteiger partial charge in [0.25, 0.3) is 0 Å². The molecular formula is C30H36O10. The summed E-state index contributed by atoms with van der Waals surface area (Å²) in [5, 5.41) is 50.3. The van der Waals surface area contributed by atoms with Gasteiger partial charge in [0.15, 0.2) is 40.6 Å². The number of phenolic OH excluding ortho intramolecular Hbond substituents is 1. The number of methoxy groups -OCH3 is 3. The quantitative estimate of drug-likeness (QED) is 0.213. The number of hydrogen-bond acceptors (Lipinski definition) is 10. The van der Waals surface area contributed by atoms with E-state index in [4.69, 9.17) is 23.7 Å². The minimum absolute atomic E-state index is 0.0753. The molecule has 0 radical (unpaired) electrons. The zero-order valence-corrected chi connectivity index (χ0v) is 22.7. The van der Waals surface area contributed by atoms with E-state index in [1.165, 1.54) is 32.4 Å². The topological polar surface area (TPSA) is 147 Å². The molecule has 4 rings (SSSR count). The van der Waals surface area contributed by atoms with Crippen molar-refractivity contribution in [2.24, 2.45) is 0 Å². The first-order valence-electron chi connectivity index (χ1n) is 13.0. The second-order valence-corrected chi connectivity index (χ2v) is 9.50. The molecule has 3 aromatic carbocycles. The lowest BCUT2D eigenvalue weighted by Gasteiger charge is -2.25. The van der Waals surface area contributed by atoms with Crippen LogP contribution in [0.25, 0.3) is 0 Å². The van der Waals surface area contributed by atoms with Gasteiger partial charge in [0.05, 0.1) is 40.5 Å². The van der Waals surface area contributed by atoms with Gasteiger partial charge in [0, 0.05) is 12.2 Å². The summed E-state index contributed by atoms with van der Waals surface area (Å²) in [4.78, 5) is 0. The van der Waals surface area contributed by atoms with Crippen LogP contribution in [0, 0.1) is 0 Å². The molecule has 0 bridgehead atoms. The second kappa shape index (κ2) is 13.1. The monoisotopic (exact) mass is 556 g/mol. The van der Waals surface area contributed by atoms with Gasteiger partial charge in [-0.2, -0.15) is 0 Å². The van der Waals surface area contributed by atoms with Crippen molar-refractivity contribution >= 4 is 0 Å². The van der Waals surface area contributed by atoms with E-state index in [1.54, 1.807) is 25.3 Å². The molecule has 3 aromatic rings. The van der Waals surface area contributed by atoms with Crippen molar-refractivity contribution in [2.45, 2.75) is 37.1 Å². The predicted molar refractivity (Wildman–Crippen MR) is 146 cm³/mol. The molecule has 0 saturated carbocycles. The minimum Gasteiger partial charge on any atom is -0.504 e. The Morgan fingerprint density at radius 2 is 1.60 bits per heavy atom. The summed E-state index contributed by atoms with van der Waals surface area (Å²) in [5.41, 5.74) is 2.92. The number of phenols is 1. The average Bonchev–Trinajstić information content (AvgIpc) is 3.36. The van der Waals surface area contributed by atoms with Gasteiger partial charge in [-0.15, -0.1) is 0 Å². The Kier molecular flexibility index (Phi) is 9.59. The van der Waals surface area contributed by atoms with Crippen molar-refractivity contribution in [1.82, 2.24) is 0 Å². The molecule has 10 nitrogen and oxygen atoms in total. The van der Waals surface area contributed by atoms with Crippen molar-refractivity contribution in [1.29, 1.82) is 0 Å². The van der Waals surface area contributed by atoms with Crippen molar-refractivity contribution in [2.75, 3.05) is 41.2 Å². The molecular weight excluding hydrogens is 520 g/mol. The third-order valence-electron chi connectivity index (χ3n) is 7.07. The number of benzene rings is 3. The van der Waals surface area contributed by atoms with Gasteiger partial charge in [-0.25, -0.2) is 0 Å². The van der Waals surface area contributed by atoms with Crippen molar-refractivity contribution in [3.05, 3.63) is 70.8 Å². The van der Waals surface area contributed by atoms with E-state index < -0.39 is 24.9 Å². The van der Waals surface area contributed by atoms with Crippen LogP contribution in [0.15, 0.2) is 48.5 Å². The lowest BCUT2D eigenvalue weighted by atomic mass is 9.90. The highest BCUT2D eigenvalue weighted by molar-refractivity contribution is 5.56. The van der Waals surface area contributed by atoms with Crippen LogP contribution < -0.4 is 23.7 Å². The second-order valence-electron chi connectivity index (χ2n) is 9.50. The largest absolute Gasteiger partial charge is 0.504 e. The number of hydrogen-bond donors (Lipinski definition) is 5. The first kappa shape index (κ1) is 29.3.